The number of nitrogens with zero attached hydrogens (tertiary/aromatic N) is 1. The van der Waals surface area contributed by atoms with Crippen LogP contribution in [0.25, 0.3) is 0 Å². The molecule has 0 aromatic heterocycles. The first-order chi connectivity index (χ1) is 14.7. The molecule has 1 heterocycles. The number of hydrogen-bond donors (Lipinski definition) is 2. The molecule has 1 aliphatic heterocycles. The minimum atomic E-state index is -0.604. The zero-order chi connectivity index (χ0) is 23.0. The number of benzene rings is 1. The van der Waals surface area contributed by atoms with Crippen LogP contribution in [0, 0.1) is 11.8 Å². The lowest BCUT2D eigenvalue weighted by atomic mass is 9.97. The third kappa shape index (κ3) is 7.53. The van der Waals surface area contributed by atoms with Crippen molar-refractivity contribution in [2.75, 3.05) is 13.1 Å². The summed E-state index contributed by atoms with van der Waals surface area (Å²) >= 11 is 5.89. The van der Waals surface area contributed by atoms with Crippen molar-refractivity contribution in [1.82, 2.24) is 15.5 Å². The van der Waals surface area contributed by atoms with Crippen LogP contribution < -0.4 is 10.6 Å². The zero-order valence-electron chi connectivity index (χ0n) is 19.1. The minimum Gasteiger partial charge on any atom is -0.351 e. The molecular weight excluding hydrogens is 414 g/mol. The van der Waals surface area contributed by atoms with Crippen LogP contribution in [0.15, 0.2) is 24.3 Å². The Morgan fingerprint density at radius 2 is 1.65 bits per heavy atom. The van der Waals surface area contributed by atoms with Crippen molar-refractivity contribution in [1.29, 1.82) is 0 Å². The van der Waals surface area contributed by atoms with Crippen molar-refractivity contribution in [3.63, 3.8) is 0 Å². The number of carbonyl (C=O) groups excluding carboxylic acids is 3. The Morgan fingerprint density at radius 3 is 2.16 bits per heavy atom. The third-order valence-electron chi connectivity index (χ3n) is 5.92. The van der Waals surface area contributed by atoms with E-state index >= 15 is 0 Å². The van der Waals surface area contributed by atoms with Gasteiger partial charge >= 0.3 is 0 Å². The standard InChI is InChI=1S/C24H36ClN3O3/c1-5-17(6-2)24(31)28-13-11-20(12-14-28)26-23(30)21(15-16(3)4)27-22(29)18-7-9-19(25)10-8-18/h7-10,16-17,20-21H,5-6,11-15H2,1-4H3,(H,26,30)(H,27,29). The highest BCUT2D eigenvalue weighted by molar-refractivity contribution is 6.30. The molecule has 0 bridgehead atoms. The van der Waals surface area contributed by atoms with Crippen LogP contribution in [0.4, 0.5) is 0 Å². The van der Waals surface area contributed by atoms with Crippen molar-refractivity contribution in [2.45, 2.75) is 71.9 Å². The minimum absolute atomic E-state index is 0.0142. The maximum absolute atomic E-state index is 13.0. The topological polar surface area (TPSA) is 78.5 Å². The Labute approximate surface area is 191 Å². The number of rotatable bonds is 9. The fourth-order valence-corrected chi connectivity index (χ4v) is 4.11. The molecule has 2 N–H and O–H groups in total. The molecular formula is C24H36ClN3O3. The molecule has 3 amide bonds. The second-order valence-corrected chi connectivity index (χ2v) is 9.22. The molecule has 2 rings (SSSR count). The van der Waals surface area contributed by atoms with E-state index in [0.29, 0.717) is 30.1 Å². The van der Waals surface area contributed by atoms with Gasteiger partial charge in [0, 0.05) is 35.6 Å². The second-order valence-electron chi connectivity index (χ2n) is 8.78. The molecule has 31 heavy (non-hydrogen) atoms. The maximum Gasteiger partial charge on any atom is 0.251 e. The summed E-state index contributed by atoms with van der Waals surface area (Å²) in [5, 5.41) is 6.52. The molecule has 7 heteroatoms. The smallest absolute Gasteiger partial charge is 0.251 e. The van der Waals surface area contributed by atoms with Gasteiger partial charge in [-0.3, -0.25) is 14.4 Å². The molecule has 0 saturated carbocycles. The molecule has 1 atom stereocenters. The lowest BCUT2D eigenvalue weighted by molar-refractivity contribution is -0.137. The number of hydrogen-bond acceptors (Lipinski definition) is 3. The van der Waals surface area contributed by atoms with Gasteiger partial charge in [0.1, 0.15) is 6.04 Å². The number of carbonyl (C=O) groups is 3. The number of halogens is 1. The van der Waals surface area contributed by atoms with Gasteiger partial charge < -0.3 is 15.5 Å². The van der Waals surface area contributed by atoms with Gasteiger partial charge in [-0.2, -0.15) is 0 Å². The molecule has 1 fully saturated rings. The maximum atomic E-state index is 13.0. The van der Waals surface area contributed by atoms with Crippen LogP contribution in [0.3, 0.4) is 0 Å². The molecule has 6 nitrogen and oxygen atoms in total. The van der Waals surface area contributed by atoms with E-state index < -0.39 is 6.04 Å². The number of amides is 3. The molecule has 1 aromatic rings. The molecule has 1 saturated heterocycles. The summed E-state index contributed by atoms with van der Waals surface area (Å²) in [7, 11) is 0. The van der Waals surface area contributed by atoms with Gasteiger partial charge in [-0.15, -0.1) is 0 Å². The molecule has 172 valence electrons. The summed E-state index contributed by atoms with van der Waals surface area (Å²) in [6.45, 7) is 9.46. The first-order valence-electron chi connectivity index (χ1n) is 11.4. The molecule has 1 aliphatic rings. The Kier molecular flexibility index (Phi) is 9.82. The summed E-state index contributed by atoms with van der Waals surface area (Å²) in [5.41, 5.74) is 0.471. The van der Waals surface area contributed by atoms with E-state index in [1.54, 1.807) is 24.3 Å². The van der Waals surface area contributed by atoms with E-state index in [9.17, 15) is 14.4 Å². The summed E-state index contributed by atoms with van der Waals surface area (Å²) < 4.78 is 0. The average Bonchev–Trinajstić information content (AvgIpc) is 2.74. The number of nitrogens with one attached hydrogen (secondary N) is 2. The van der Waals surface area contributed by atoms with Crippen LogP contribution in [0.2, 0.25) is 5.02 Å². The third-order valence-corrected chi connectivity index (χ3v) is 6.18. The highest BCUT2D eigenvalue weighted by Crippen LogP contribution is 2.18. The molecule has 1 aromatic carbocycles. The Bertz CT molecular complexity index is 739. The van der Waals surface area contributed by atoms with Gasteiger partial charge in [-0.05, 0) is 62.3 Å². The summed E-state index contributed by atoms with van der Waals surface area (Å²) in [6, 6.07) is 6.02. The summed E-state index contributed by atoms with van der Waals surface area (Å²) in [4.78, 5) is 40.1. The summed E-state index contributed by atoms with van der Waals surface area (Å²) in [6.07, 6.45) is 3.73. The lowest BCUT2D eigenvalue weighted by Crippen LogP contribution is -2.53. The van der Waals surface area contributed by atoms with Gasteiger partial charge in [0.2, 0.25) is 11.8 Å². The second kappa shape index (κ2) is 12.1. The van der Waals surface area contributed by atoms with Crippen molar-refractivity contribution in [2.24, 2.45) is 11.8 Å². The van der Waals surface area contributed by atoms with Crippen LogP contribution >= 0.6 is 11.6 Å². The zero-order valence-corrected chi connectivity index (χ0v) is 19.9. The van der Waals surface area contributed by atoms with Crippen molar-refractivity contribution >= 4 is 29.3 Å². The van der Waals surface area contributed by atoms with Gasteiger partial charge in [0.25, 0.3) is 5.91 Å². The monoisotopic (exact) mass is 449 g/mol. The number of likely N-dealkylation sites (tertiary alicyclic amines) is 1. The Morgan fingerprint density at radius 1 is 1.06 bits per heavy atom. The fraction of sp³-hybridized carbons (Fsp3) is 0.625. The highest BCUT2D eigenvalue weighted by Gasteiger charge is 2.29. The SMILES string of the molecule is CCC(CC)C(=O)N1CCC(NC(=O)C(CC(C)C)NC(=O)c2ccc(Cl)cc2)CC1. The van der Waals surface area contributed by atoms with Crippen LogP contribution in [0.5, 0.6) is 0 Å². The van der Waals surface area contributed by atoms with Gasteiger partial charge in [0.05, 0.1) is 0 Å². The molecule has 1 unspecified atom stereocenters. The molecule has 0 radical (unpaired) electrons. The van der Waals surface area contributed by atoms with Gasteiger partial charge in [-0.1, -0.05) is 39.3 Å². The van der Waals surface area contributed by atoms with Crippen molar-refractivity contribution < 1.29 is 14.4 Å². The van der Waals surface area contributed by atoms with E-state index in [1.165, 1.54) is 0 Å². The van der Waals surface area contributed by atoms with Crippen LogP contribution in [-0.4, -0.2) is 47.8 Å². The van der Waals surface area contributed by atoms with Gasteiger partial charge in [-0.25, -0.2) is 0 Å². The van der Waals surface area contributed by atoms with Crippen molar-refractivity contribution in [3.8, 4) is 0 Å². The predicted octanol–water partition coefficient (Wildman–Crippen LogP) is 4.03. The normalized spacial score (nSPS) is 15.8. The van der Waals surface area contributed by atoms with Gasteiger partial charge in [0.15, 0.2) is 0 Å². The largest absolute Gasteiger partial charge is 0.351 e. The predicted molar refractivity (Wildman–Crippen MR) is 124 cm³/mol. The van der Waals surface area contributed by atoms with E-state index in [-0.39, 0.29) is 35.6 Å². The highest BCUT2D eigenvalue weighted by atomic mass is 35.5. The number of piperidine rings is 1. The quantitative estimate of drug-likeness (QED) is 0.597. The van der Waals surface area contributed by atoms with E-state index in [4.69, 9.17) is 11.6 Å². The Hall–Kier alpha value is -2.08. The molecule has 0 aliphatic carbocycles. The van der Waals surface area contributed by atoms with Crippen LogP contribution in [-0.2, 0) is 9.59 Å². The first kappa shape index (κ1) is 25.2. The van der Waals surface area contributed by atoms with E-state index in [2.05, 4.69) is 10.6 Å². The lowest BCUT2D eigenvalue weighted by Gasteiger charge is -2.35. The average molecular weight is 450 g/mol. The van der Waals surface area contributed by atoms with Crippen LogP contribution in [0.1, 0.15) is 70.2 Å². The fourth-order valence-electron chi connectivity index (χ4n) is 3.99. The van der Waals surface area contributed by atoms with E-state index in [1.807, 2.05) is 32.6 Å². The van der Waals surface area contributed by atoms with Crippen molar-refractivity contribution in [3.05, 3.63) is 34.9 Å². The van der Waals surface area contributed by atoms with E-state index in [0.717, 1.165) is 25.7 Å². The molecule has 0 spiro atoms. The summed E-state index contributed by atoms with van der Waals surface area (Å²) in [5.74, 6) is 0.108. The Balaban J connectivity index is 1.93. The first-order valence-corrected chi connectivity index (χ1v) is 11.8.